The lowest BCUT2D eigenvalue weighted by Crippen LogP contribution is -2.51. The van der Waals surface area contributed by atoms with Crippen LogP contribution in [0, 0.1) is 12.8 Å². The van der Waals surface area contributed by atoms with Crippen LogP contribution in [0.4, 0.5) is 5.69 Å². The summed E-state index contributed by atoms with van der Waals surface area (Å²) in [4.78, 5) is 26.5. The van der Waals surface area contributed by atoms with E-state index in [-0.39, 0.29) is 28.7 Å². The van der Waals surface area contributed by atoms with Crippen molar-refractivity contribution in [2.45, 2.75) is 65.8 Å². The highest BCUT2D eigenvalue weighted by atomic mass is 32.2. The lowest BCUT2D eigenvalue weighted by Gasteiger charge is -2.36. The monoisotopic (exact) mass is 539 g/mol. The minimum absolute atomic E-state index is 0.00230. The van der Waals surface area contributed by atoms with E-state index < -0.39 is 10.0 Å². The third-order valence-electron chi connectivity index (χ3n) is 6.47. The maximum Gasteiger partial charge on any atom is 0.255 e. The third-order valence-corrected chi connectivity index (χ3v) is 8.02. The molecule has 1 aliphatic rings. The van der Waals surface area contributed by atoms with Crippen molar-refractivity contribution in [1.82, 2.24) is 9.62 Å². The van der Waals surface area contributed by atoms with Crippen LogP contribution in [-0.2, 0) is 14.8 Å². The Morgan fingerprint density at radius 2 is 1.50 bits per heavy atom. The molecule has 1 saturated heterocycles. The number of sulfonamides is 1. The number of carbonyl (C=O) groups is 2. The van der Waals surface area contributed by atoms with Gasteiger partial charge in [-0.2, -0.15) is 0 Å². The SMILES string of the molecule is CC.CC.CC(=O)N1CCC(NS(=O)(=O)c2ccc(NC(=O)c3ccccc3C)c3ccccc23)C(C)C1. The van der Waals surface area contributed by atoms with Crippen molar-refractivity contribution < 1.29 is 18.0 Å². The van der Waals surface area contributed by atoms with Crippen LogP contribution in [0.5, 0.6) is 0 Å². The van der Waals surface area contributed by atoms with E-state index in [4.69, 9.17) is 0 Å². The highest BCUT2D eigenvalue weighted by molar-refractivity contribution is 7.89. The van der Waals surface area contributed by atoms with Gasteiger partial charge in [0.2, 0.25) is 15.9 Å². The number of amides is 2. The summed E-state index contributed by atoms with van der Waals surface area (Å²) < 4.78 is 29.6. The molecule has 0 aliphatic carbocycles. The molecule has 7 nitrogen and oxygen atoms in total. The normalized spacial score (nSPS) is 17.0. The van der Waals surface area contributed by atoms with Gasteiger partial charge >= 0.3 is 0 Å². The van der Waals surface area contributed by atoms with Crippen molar-refractivity contribution in [3.8, 4) is 0 Å². The Morgan fingerprint density at radius 1 is 0.895 bits per heavy atom. The van der Waals surface area contributed by atoms with E-state index in [0.29, 0.717) is 41.5 Å². The highest BCUT2D eigenvalue weighted by Crippen LogP contribution is 2.31. The van der Waals surface area contributed by atoms with Crippen molar-refractivity contribution in [3.05, 3.63) is 71.8 Å². The smallest absolute Gasteiger partial charge is 0.255 e. The van der Waals surface area contributed by atoms with Gasteiger partial charge in [0.25, 0.3) is 5.91 Å². The maximum atomic E-state index is 13.4. The van der Waals surface area contributed by atoms with Crippen molar-refractivity contribution in [2.75, 3.05) is 18.4 Å². The lowest BCUT2D eigenvalue weighted by atomic mass is 9.95. The highest BCUT2D eigenvalue weighted by Gasteiger charge is 2.31. The number of fused-ring (bicyclic) bond motifs is 1. The fourth-order valence-corrected chi connectivity index (χ4v) is 6.09. The Bertz CT molecular complexity index is 1350. The second-order valence-electron chi connectivity index (χ2n) is 8.88. The Labute approximate surface area is 227 Å². The number of benzene rings is 3. The van der Waals surface area contributed by atoms with Crippen molar-refractivity contribution >= 4 is 38.3 Å². The van der Waals surface area contributed by atoms with Gasteiger partial charge in [0.1, 0.15) is 0 Å². The topological polar surface area (TPSA) is 95.6 Å². The van der Waals surface area contributed by atoms with Crippen LogP contribution >= 0.6 is 0 Å². The average molecular weight is 540 g/mol. The molecule has 2 unspecified atom stereocenters. The molecule has 3 aromatic carbocycles. The van der Waals surface area contributed by atoms with Gasteiger partial charge in [-0.05, 0) is 43.0 Å². The molecule has 38 heavy (non-hydrogen) atoms. The Hall–Kier alpha value is -3.23. The van der Waals surface area contributed by atoms with Crippen molar-refractivity contribution in [3.63, 3.8) is 0 Å². The Balaban J connectivity index is 0.00000121. The molecule has 0 spiro atoms. The zero-order chi connectivity index (χ0) is 28.5. The third kappa shape index (κ3) is 7.20. The van der Waals surface area contributed by atoms with Crippen molar-refractivity contribution in [1.29, 1.82) is 0 Å². The molecule has 1 aliphatic heterocycles. The molecule has 0 saturated carbocycles. The zero-order valence-corrected chi connectivity index (χ0v) is 24.4. The number of hydrogen-bond acceptors (Lipinski definition) is 4. The van der Waals surface area contributed by atoms with Crippen LogP contribution in [0.25, 0.3) is 10.8 Å². The second kappa shape index (κ2) is 14.1. The largest absolute Gasteiger partial charge is 0.343 e. The van der Waals surface area contributed by atoms with Gasteiger partial charge in [0, 0.05) is 48.1 Å². The van der Waals surface area contributed by atoms with Gasteiger partial charge in [0.15, 0.2) is 0 Å². The average Bonchev–Trinajstić information content (AvgIpc) is 2.92. The van der Waals surface area contributed by atoms with E-state index in [1.807, 2.05) is 65.8 Å². The van der Waals surface area contributed by atoms with Gasteiger partial charge in [-0.15, -0.1) is 0 Å². The van der Waals surface area contributed by atoms with E-state index in [2.05, 4.69) is 10.0 Å². The predicted octanol–water partition coefficient (Wildman–Crippen LogP) is 5.99. The number of carbonyl (C=O) groups excluding carboxylic acids is 2. The first-order valence-corrected chi connectivity index (χ1v) is 14.8. The Morgan fingerprint density at radius 3 is 2.11 bits per heavy atom. The standard InChI is InChI=1S/C26H29N3O4S.2C2H6/c1-17-8-4-5-9-20(17)26(31)27-24-12-13-25(22-11-7-6-10-21(22)24)34(32,33)28-23-14-15-29(19(3)30)16-18(23)2;2*1-2/h4-13,18,23,28H,14-16H2,1-3H3,(H,27,31);2*1-2H3. The molecule has 8 heteroatoms. The molecular formula is C30H41N3O4S. The van der Waals surface area contributed by atoms with E-state index in [1.54, 1.807) is 35.2 Å². The predicted molar refractivity (Wildman–Crippen MR) is 156 cm³/mol. The van der Waals surface area contributed by atoms with Crippen LogP contribution in [0.1, 0.15) is 63.9 Å². The summed E-state index contributed by atoms with van der Waals surface area (Å²) in [7, 11) is -3.83. The molecule has 2 N–H and O–H groups in total. The summed E-state index contributed by atoms with van der Waals surface area (Å²) in [6.45, 7) is 14.4. The number of anilines is 1. The number of likely N-dealkylation sites (tertiary alicyclic amines) is 1. The van der Waals surface area contributed by atoms with Gasteiger partial charge < -0.3 is 10.2 Å². The maximum absolute atomic E-state index is 13.4. The van der Waals surface area contributed by atoms with Gasteiger partial charge in [0.05, 0.1) is 4.90 Å². The van der Waals surface area contributed by atoms with Crippen LogP contribution in [0.15, 0.2) is 65.6 Å². The number of aryl methyl sites for hydroxylation is 1. The zero-order valence-electron chi connectivity index (χ0n) is 23.5. The second-order valence-corrected chi connectivity index (χ2v) is 10.6. The molecule has 1 heterocycles. The number of rotatable bonds is 5. The first-order valence-electron chi connectivity index (χ1n) is 13.3. The fraction of sp³-hybridized carbons (Fsp3) is 0.400. The summed E-state index contributed by atoms with van der Waals surface area (Å²) in [6.07, 6.45) is 0.558. The van der Waals surface area contributed by atoms with Crippen LogP contribution in [0.2, 0.25) is 0 Å². The molecule has 2 amide bonds. The van der Waals surface area contributed by atoms with E-state index in [0.717, 1.165) is 5.56 Å². The van der Waals surface area contributed by atoms with Gasteiger partial charge in [-0.3, -0.25) is 9.59 Å². The van der Waals surface area contributed by atoms with Crippen molar-refractivity contribution in [2.24, 2.45) is 5.92 Å². The quantitative estimate of drug-likeness (QED) is 0.416. The summed E-state index contributed by atoms with van der Waals surface area (Å²) in [5.41, 5.74) is 1.97. The lowest BCUT2D eigenvalue weighted by molar-refractivity contribution is -0.130. The minimum Gasteiger partial charge on any atom is -0.343 e. The molecule has 0 bridgehead atoms. The summed E-state index contributed by atoms with van der Waals surface area (Å²) in [6, 6.07) is 17.4. The molecular weight excluding hydrogens is 498 g/mol. The van der Waals surface area contributed by atoms with Gasteiger partial charge in [-0.1, -0.05) is 77.1 Å². The number of piperidine rings is 1. The van der Waals surface area contributed by atoms with Gasteiger partial charge in [-0.25, -0.2) is 13.1 Å². The molecule has 3 aromatic rings. The summed E-state index contributed by atoms with van der Waals surface area (Å²) in [5, 5.41) is 4.11. The Kier molecular flexibility index (Phi) is 11.5. The van der Waals surface area contributed by atoms with Crippen LogP contribution < -0.4 is 10.0 Å². The molecule has 4 rings (SSSR count). The number of hydrogen-bond donors (Lipinski definition) is 2. The summed E-state index contributed by atoms with van der Waals surface area (Å²) in [5.74, 6) is -0.253. The molecule has 206 valence electrons. The van der Waals surface area contributed by atoms with Crippen LogP contribution in [0.3, 0.4) is 0 Å². The van der Waals surface area contributed by atoms with Crippen LogP contribution in [-0.4, -0.2) is 44.3 Å². The minimum atomic E-state index is -3.83. The molecule has 0 radical (unpaired) electrons. The van der Waals surface area contributed by atoms with E-state index in [9.17, 15) is 18.0 Å². The summed E-state index contributed by atoms with van der Waals surface area (Å²) >= 11 is 0. The molecule has 0 aromatic heterocycles. The number of nitrogens with zero attached hydrogens (tertiary/aromatic N) is 1. The molecule has 2 atom stereocenters. The molecule has 1 fully saturated rings. The van der Waals surface area contributed by atoms with E-state index in [1.165, 1.54) is 13.0 Å². The fourth-order valence-electron chi connectivity index (χ4n) is 4.50. The first-order chi connectivity index (χ1) is 18.2. The van der Waals surface area contributed by atoms with E-state index >= 15 is 0 Å². The number of nitrogens with one attached hydrogen (secondary N) is 2. The first kappa shape index (κ1) is 31.0.